The quantitative estimate of drug-likeness (QED) is 0.0613. The van der Waals surface area contributed by atoms with Crippen LogP contribution < -0.4 is 9.26 Å². The minimum absolute atomic E-state index is 0.104. The van der Waals surface area contributed by atoms with Crippen molar-refractivity contribution < 1.29 is 32.3 Å². The third-order valence-electron chi connectivity index (χ3n) is 8.03. The Balaban J connectivity index is 1.71. The van der Waals surface area contributed by atoms with Gasteiger partial charge in [0.05, 0.1) is 43.6 Å². The van der Waals surface area contributed by atoms with Crippen molar-refractivity contribution in [2.75, 3.05) is 34.0 Å². The van der Waals surface area contributed by atoms with Crippen molar-refractivity contribution in [2.24, 2.45) is 0 Å². The van der Waals surface area contributed by atoms with Crippen molar-refractivity contribution in [3.63, 3.8) is 0 Å². The summed E-state index contributed by atoms with van der Waals surface area (Å²) in [5.74, 6) is 0.737. The summed E-state index contributed by atoms with van der Waals surface area (Å²) in [4.78, 5) is 0. The van der Waals surface area contributed by atoms with E-state index in [0.717, 1.165) is 18.4 Å². The van der Waals surface area contributed by atoms with Crippen molar-refractivity contribution in [1.82, 2.24) is 0 Å². The second-order valence-corrected chi connectivity index (χ2v) is 14.0. The molecule has 0 aliphatic carbocycles. The van der Waals surface area contributed by atoms with E-state index < -0.39 is 13.9 Å². The molecule has 0 radical (unpaired) electrons. The minimum Gasteiger partial charge on any atom is -0.496 e. The highest BCUT2D eigenvalue weighted by molar-refractivity contribution is 7.48. The number of phosphoric ester groups is 1. The average Bonchev–Trinajstić information content (AvgIpc) is 3.09. The summed E-state index contributed by atoms with van der Waals surface area (Å²) < 4.78 is 47.0. The van der Waals surface area contributed by atoms with Gasteiger partial charge in [-0.2, -0.15) is 5.26 Å². The molecule has 0 saturated heterocycles. The molecule has 0 aliphatic rings. The van der Waals surface area contributed by atoms with E-state index in [1.54, 1.807) is 49.6 Å². The van der Waals surface area contributed by atoms with Crippen LogP contribution in [-0.4, -0.2) is 40.1 Å². The topological polar surface area (TPSA) is 96.2 Å². The summed E-state index contributed by atoms with van der Waals surface area (Å²) >= 11 is 6.17. The lowest BCUT2D eigenvalue weighted by molar-refractivity contribution is -0.0499. The van der Waals surface area contributed by atoms with Crippen LogP contribution in [0.5, 0.6) is 11.5 Å². The van der Waals surface area contributed by atoms with Gasteiger partial charge in [-0.05, 0) is 30.7 Å². The molecule has 2 atom stereocenters. The van der Waals surface area contributed by atoms with E-state index in [1.807, 2.05) is 0 Å². The largest absolute Gasteiger partial charge is 0.529 e. The summed E-state index contributed by atoms with van der Waals surface area (Å²) in [6, 6.07) is 13.9. The SMILES string of the molecule is CCCCCCCCCCCCCCCCCCOCC(COP(=O)(OC)Oc1ccccc1Cl)OCc1ccc(C#N)cc1OC. The number of unbranched alkanes of at least 4 members (excludes halogenated alkanes) is 15. The Kier molecular flexibility index (Phi) is 22.6. The molecular formula is C37H57ClNO7P. The summed E-state index contributed by atoms with van der Waals surface area (Å²) in [6.07, 6.45) is 20.5. The number of halogens is 1. The number of nitrogens with zero attached hydrogens (tertiary/aromatic N) is 1. The summed E-state index contributed by atoms with van der Waals surface area (Å²) in [7, 11) is -1.19. The smallest absolute Gasteiger partial charge is 0.496 e. The molecule has 0 aliphatic heterocycles. The molecule has 0 fully saturated rings. The molecule has 0 saturated carbocycles. The van der Waals surface area contributed by atoms with Crippen LogP contribution in [0.1, 0.15) is 121 Å². The van der Waals surface area contributed by atoms with Crippen LogP contribution in [0.3, 0.4) is 0 Å². The number of methoxy groups -OCH3 is 1. The maximum atomic E-state index is 13.2. The number of para-hydroxylation sites is 1. The zero-order valence-electron chi connectivity index (χ0n) is 28.9. The second kappa shape index (κ2) is 25.8. The van der Waals surface area contributed by atoms with E-state index in [0.29, 0.717) is 17.9 Å². The van der Waals surface area contributed by atoms with Gasteiger partial charge in [-0.25, -0.2) is 4.57 Å². The monoisotopic (exact) mass is 693 g/mol. The summed E-state index contributed by atoms with van der Waals surface area (Å²) in [5, 5.41) is 9.50. The Hall–Kier alpha value is -2.11. The lowest BCUT2D eigenvalue weighted by Crippen LogP contribution is -2.26. The first-order chi connectivity index (χ1) is 22.9. The Morgan fingerprint density at radius 2 is 1.38 bits per heavy atom. The molecule has 0 N–H and O–H groups in total. The highest BCUT2D eigenvalue weighted by Crippen LogP contribution is 2.50. The van der Waals surface area contributed by atoms with Gasteiger partial charge in [-0.15, -0.1) is 0 Å². The van der Waals surface area contributed by atoms with Gasteiger partial charge in [0, 0.05) is 19.3 Å². The predicted octanol–water partition coefficient (Wildman–Crippen LogP) is 11.2. The fourth-order valence-corrected chi connectivity index (χ4v) is 6.39. The number of benzene rings is 2. The molecule has 0 heterocycles. The van der Waals surface area contributed by atoms with Crippen LogP contribution in [0.2, 0.25) is 5.02 Å². The van der Waals surface area contributed by atoms with E-state index in [4.69, 9.17) is 39.4 Å². The molecule has 47 heavy (non-hydrogen) atoms. The van der Waals surface area contributed by atoms with E-state index in [2.05, 4.69) is 13.0 Å². The van der Waals surface area contributed by atoms with Crippen LogP contribution in [0, 0.1) is 11.3 Å². The number of nitriles is 1. The van der Waals surface area contributed by atoms with Gasteiger partial charge in [-0.3, -0.25) is 9.05 Å². The average molecular weight is 694 g/mol. The highest BCUT2D eigenvalue weighted by atomic mass is 35.5. The maximum absolute atomic E-state index is 13.2. The van der Waals surface area contributed by atoms with Crippen LogP contribution >= 0.6 is 19.4 Å². The molecule has 2 unspecified atom stereocenters. The molecule has 2 aromatic rings. The van der Waals surface area contributed by atoms with Crippen molar-refractivity contribution in [2.45, 2.75) is 122 Å². The van der Waals surface area contributed by atoms with Gasteiger partial charge in [0.15, 0.2) is 0 Å². The Morgan fingerprint density at radius 1 is 0.787 bits per heavy atom. The zero-order chi connectivity index (χ0) is 34.0. The van der Waals surface area contributed by atoms with Crippen molar-refractivity contribution >= 4 is 19.4 Å². The lowest BCUT2D eigenvalue weighted by atomic mass is 10.0. The Bertz CT molecular complexity index is 1190. The maximum Gasteiger partial charge on any atom is 0.529 e. The van der Waals surface area contributed by atoms with Gasteiger partial charge < -0.3 is 18.7 Å². The number of hydrogen-bond acceptors (Lipinski definition) is 8. The predicted molar refractivity (Wildman–Crippen MR) is 189 cm³/mol. The van der Waals surface area contributed by atoms with E-state index in [-0.39, 0.29) is 30.6 Å². The lowest BCUT2D eigenvalue weighted by Gasteiger charge is -2.22. The molecule has 0 spiro atoms. The standard InChI is InChI=1S/C37H57ClNO7P/c1-4-5-6-7-8-9-10-11-12-13-14-15-16-17-18-21-26-43-30-34(44-29-33-25-24-32(28-39)27-37(33)41-2)31-45-47(40,42-3)46-36-23-20-19-22-35(36)38/h19-20,22-25,27,34H,4-18,21,26,29-31H2,1-3H3. The molecule has 8 nitrogen and oxygen atoms in total. The fourth-order valence-electron chi connectivity index (χ4n) is 5.18. The normalized spacial score (nSPS) is 13.2. The Morgan fingerprint density at radius 3 is 1.94 bits per heavy atom. The number of rotatable bonds is 29. The molecule has 264 valence electrons. The van der Waals surface area contributed by atoms with E-state index in [9.17, 15) is 9.83 Å². The van der Waals surface area contributed by atoms with Crippen LogP contribution in [-0.2, 0) is 29.7 Å². The van der Waals surface area contributed by atoms with Gasteiger partial charge >= 0.3 is 7.82 Å². The van der Waals surface area contributed by atoms with Crippen molar-refractivity contribution in [3.05, 3.63) is 58.6 Å². The summed E-state index contributed by atoms with van der Waals surface area (Å²) in [5.41, 5.74) is 1.25. The first-order valence-electron chi connectivity index (χ1n) is 17.5. The second-order valence-electron chi connectivity index (χ2n) is 11.9. The number of hydrogen-bond donors (Lipinski definition) is 0. The zero-order valence-corrected chi connectivity index (χ0v) is 30.5. The number of ether oxygens (including phenoxy) is 3. The van der Waals surface area contributed by atoms with E-state index in [1.165, 1.54) is 97.0 Å². The molecule has 0 aromatic heterocycles. The van der Waals surface area contributed by atoms with E-state index >= 15 is 0 Å². The summed E-state index contributed by atoms with van der Waals surface area (Å²) in [6.45, 7) is 3.17. The highest BCUT2D eigenvalue weighted by Gasteiger charge is 2.30. The molecule has 10 heteroatoms. The number of phosphoric acid groups is 1. The van der Waals surface area contributed by atoms with Crippen LogP contribution in [0.15, 0.2) is 42.5 Å². The first kappa shape index (κ1) is 41.1. The van der Waals surface area contributed by atoms with Crippen LogP contribution in [0.25, 0.3) is 0 Å². The molecule has 2 aromatic carbocycles. The molecule has 0 bridgehead atoms. The van der Waals surface area contributed by atoms with Gasteiger partial charge in [0.2, 0.25) is 0 Å². The van der Waals surface area contributed by atoms with Gasteiger partial charge in [-0.1, -0.05) is 133 Å². The Labute approximate surface area is 289 Å². The third kappa shape index (κ3) is 18.3. The first-order valence-corrected chi connectivity index (χ1v) is 19.3. The molecule has 2 rings (SSSR count). The third-order valence-corrected chi connectivity index (χ3v) is 9.67. The van der Waals surface area contributed by atoms with Crippen molar-refractivity contribution in [3.8, 4) is 17.6 Å². The fraction of sp³-hybridized carbons (Fsp3) is 0.649. The van der Waals surface area contributed by atoms with Crippen LogP contribution in [0.4, 0.5) is 0 Å². The molecular weight excluding hydrogens is 637 g/mol. The van der Waals surface area contributed by atoms with Crippen molar-refractivity contribution in [1.29, 1.82) is 5.26 Å². The van der Waals surface area contributed by atoms with Gasteiger partial charge in [0.25, 0.3) is 0 Å². The minimum atomic E-state index is -3.98. The molecule has 0 amide bonds. The van der Waals surface area contributed by atoms with Gasteiger partial charge in [0.1, 0.15) is 17.6 Å².